The summed E-state index contributed by atoms with van der Waals surface area (Å²) in [6, 6.07) is 9.09. The first kappa shape index (κ1) is 10.6. The first-order valence-corrected chi connectivity index (χ1v) is 5.95. The predicted molar refractivity (Wildman–Crippen MR) is 65.0 cm³/mol. The zero-order valence-corrected chi connectivity index (χ0v) is 9.87. The smallest absolute Gasteiger partial charge is 0.233 e. The van der Waals surface area contributed by atoms with E-state index in [1.54, 1.807) is 24.4 Å². The van der Waals surface area contributed by atoms with Crippen LogP contribution >= 0.6 is 11.3 Å². The van der Waals surface area contributed by atoms with Crippen molar-refractivity contribution in [2.45, 2.75) is 0 Å². The molecule has 0 aliphatic heterocycles. The quantitative estimate of drug-likeness (QED) is 0.694. The molecule has 1 aromatic carbocycles. The molecule has 0 aliphatic rings. The number of nitriles is 1. The summed E-state index contributed by atoms with van der Waals surface area (Å²) < 4.78 is 0. The molecule has 0 aliphatic carbocycles. The maximum atomic E-state index is 8.84. The molecule has 0 spiro atoms. The Morgan fingerprint density at radius 2 is 2.28 bits per heavy atom. The van der Waals surface area contributed by atoms with Crippen LogP contribution in [0.1, 0.15) is 5.56 Å². The zero-order chi connectivity index (χ0) is 12.4. The molecule has 2 aromatic heterocycles. The fourth-order valence-electron chi connectivity index (χ4n) is 1.44. The fraction of sp³-hybridized carbons (Fsp3) is 0. The Morgan fingerprint density at radius 3 is 3.06 bits per heavy atom. The number of hydrogen-bond donors (Lipinski definition) is 0. The van der Waals surface area contributed by atoms with Crippen LogP contribution in [0.4, 0.5) is 0 Å². The number of benzene rings is 1. The largest absolute Gasteiger partial charge is 0.241 e. The molecule has 6 nitrogen and oxygen atoms in total. The average molecular weight is 254 g/mol. The van der Waals surface area contributed by atoms with Gasteiger partial charge in [0, 0.05) is 11.6 Å². The Balaban J connectivity index is 2.01. The lowest BCUT2D eigenvalue weighted by Crippen LogP contribution is -1.99. The number of rotatable bonds is 2. The van der Waals surface area contributed by atoms with Gasteiger partial charge >= 0.3 is 0 Å². The fourth-order valence-corrected chi connectivity index (χ4v) is 2.00. The van der Waals surface area contributed by atoms with E-state index >= 15 is 0 Å². The summed E-state index contributed by atoms with van der Waals surface area (Å²) in [5.41, 5.74) is 1.25. The number of tetrazole rings is 1. The SMILES string of the molecule is N#Cc1cccc(-n2nnc(-c3nccs3)n2)c1. The van der Waals surface area contributed by atoms with Crippen molar-refractivity contribution in [3.05, 3.63) is 41.4 Å². The van der Waals surface area contributed by atoms with Crippen molar-refractivity contribution < 1.29 is 0 Å². The third kappa shape index (κ3) is 1.85. The van der Waals surface area contributed by atoms with Gasteiger partial charge in [-0.1, -0.05) is 6.07 Å². The van der Waals surface area contributed by atoms with Crippen LogP contribution in [0, 0.1) is 11.3 Å². The normalized spacial score (nSPS) is 10.2. The Morgan fingerprint density at radius 1 is 1.33 bits per heavy atom. The van der Waals surface area contributed by atoms with Crippen LogP contribution in [0.15, 0.2) is 35.8 Å². The van der Waals surface area contributed by atoms with Crippen LogP contribution in [-0.4, -0.2) is 25.2 Å². The summed E-state index contributed by atoms with van der Waals surface area (Å²) in [6.45, 7) is 0. The summed E-state index contributed by atoms with van der Waals surface area (Å²) in [6.07, 6.45) is 1.69. The number of aromatic nitrogens is 5. The lowest BCUT2D eigenvalue weighted by molar-refractivity contribution is 0.720. The van der Waals surface area contributed by atoms with Crippen molar-refractivity contribution in [1.29, 1.82) is 5.26 Å². The molecule has 7 heteroatoms. The summed E-state index contributed by atoms with van der Waals surface area (Å²) in [5, 5.41) is 23.5. The van der Waals surface area contributed by atoms with Crippen LogP contribution in [0.2, 0.25) is 0 Å². The van der Waals surface area contributed by atoms with Gasteiger partial charge in [-0.3, -0.25) is 0 Å². The molecule has 0 unspecified atom stereocenters. The molecule has 2 heterocycles. The van der Waals surface area contributed by atoms with E-state index in [1.807, 2.05) is 11.4 Å². The third-order valence-electron chi connectivity index (χ3n) is 2.24. The van der Waals surface area contributed by atoms with Crippen molar-refractivity contribution in [2.75, 3.05) is 0 Å². The maximum Gasteiger partial charge on any atom is 0.233 e. The molecule has 0 amide bonds. The predicted octanol–water partition coefficient (Wildman–Crippen LogP) is 1.66. The molecule has 0 fully saturated rings. The van der Waals surface area contributed by atoms with Gasteiger partial charge in [-0.15, -0.1) is 26.3 Å². The van der Waals surface area contributed by atoms with Gasteiger partial charge in [-0.25, -0.2) is 4.98 Å². The Kier molecular flexibility index (Phi) is 2.55. The molecular weight excluding hydrogens is 248 g/mol. The highest BCUT2D eigenvalue weighted by Gasteiger charge is 2.09. The molecule has 86 valence electrons. The summed E-state index contributed by atoms with van der Waals surface area (Å²) in [7, 11) is 0. The molecule has 0 radical (unpaired) electrons. The van der Waals surface area contributed by atoms with Crippen LogP contribution in [0.25, 0.3) is 16.5 Å². The minimum Gasteiger partial charge on any atom is -0.241 e. The highest BCUT2D eigenvalue weighted by Crippen LogP contribution is 2.17. The van der Waals surface area contributed by atoms with E-state index in [1.165, 1.54) is 16.1 Å². The van der Waals surface area contributed by atoms with Crippen LogP contribution in [0.3, 0.4) is 0 Å². The van der Waals surface area contributed by atoms with Crippen LogP contribution in [-0.2, 0) is 0 Å². The van der Waals surface area contributed by atoms with Gasteiger partial charge < -0.3 is 0 Å². The zero-order valence-electron chi connectivity index (χ0n) is 9.06. The van der Waals surface area contributed by atoms with E-state index in [-0.39, 0.29) is 0 Å². The second-order valence-electron chi connectivity index (χ2n) is 3.40. The first-order chi connectivity index (χ1) is 8.86. The monoisotopic (exact) mass is 254 g/mol. The number of thiazole rings is 1. The van der Waals surface area contributed by atoms with E-state index in [4.69, 9.17) is 5.26 Å². The number of hydrogen-bond acceptors (Lipinski definition) is 6. The Labute approximate surface area is 106 Å². The Hall–Kier alpha value is -2.59. The Bertz CT molecular complexity index is 709. The van der Waals surface area contributed by atoms with E-state index in [2.05, 4.69) is 26.5 Å². The van der Waals surface area contributed by atoms with Crippen LogP contribution < -0.4 is 0 Å². The highest BCUT2D eigenvalue weighted by atomic mass is 32.1. The molecule has 0 N–H and O–H groups in total. The second-order valence-corrected chi connectivity index (χ2v) is 4.30. The van der Waals surface area contributed by atoms with E-state index in [0.29, 0.717) is 17.1 Å². The van der Waals surface area contributed by atoms with Gasteiger partial charge in [0.25, 0.3) is 0 Å². The average Bonchev–Trinajstić information content (AvgIpc) is 3.09. The topological polar surface area (TPSA) is 80.3 Å². The lowest BCUT2D eigenvalue weighted by atomic mass is 10.2. The van der Waals surface area contributed by atoms with E-state index in [0.717, 1.165) is 5.01 Å². The van der Waals surface area contributed by atoms with Gasteiger partial charge in [-0.05, 0) is 23.4 Å². The minimum absolute atomic E-state index is 0.479. The molecule has 0 bridgehead atoms. The lowest BCUT2D eigenvalue weighted by Gasteiger charge is -1.97. The molecule has 0 saturated heterocycles. The molecule has 3 rings (SSSR count). The highest BCUT2D eigenvalue weighted by molar-refractivity contribution is 7.12. The van der Waals surface area contributed by atoms with Crippen LogP contribution in [0.5, 0.6) is 0 Å². The van der Waals surface area contributed by atoms with Gasteiger partial charge in [-0.2, -0.15) is 5.26 Å². The van der Waals surface area contributed by atoms with Crippen molar-refractivity contribution in [3.63, 3.8) is 0 Å². The van der Waals surface area contributed by atoms with Crippen molar-refractivity contribution in [3.8, 4) is 22.6 Å². The molecule has 3 aromatic rings. The van der Waals surface area contributed by atoms with Gasteiger partial charge in [0.15, 0.2) is 5.01 Å². The summed E-state index contributed by atoms with van der Waals surface area (Å²) >= 11 is 1.45. The molecule has 0 atom stereocenters. The maximum absolute atomic E-state index is 8.84. The molecule has 0 saturated carbocycles. The second kappa shape index (κ2) is 4.35. The summed E-state index contributed by atoms with van der Waals surface area (Å²) in [4.78, 5) is 5.50. The van der Waals surface area contributed by atoms with E-state index < -0.39 is 0 Å². The first-order valence-electron chi connectivity index (χ1n) is 5.07. The minimum atomic E-state index is 0.479. The van der Waals surface area contributed by atoms with Crippen molar-refractivity contribution in [2.24, 2.45) is 0 Å². The summed E-state index contributed by atoms with van der Waals surface area (Å²) in [5.74, 6) is 0.479. The van der Waals surface area contributed by atoms with Crippen molar-refractivity contribution >= 4 is 11.3 Å². The van der Waals surface area contributed by atoms with E-state index in [9.17, 15) is 0 Å². The van der Waals surface area contributed by atoms with Gasteiger partial charge in [0.1, 0.15) is 0 Å². The third-order valence-corrected chi connectivity index (χ3v) is 3.01. The van der Waals surface area contributed by atoms with Gasteiger partial charge in [0.2, 0.25) is 5.82 Å². The van der Waals surface area contributed by atoms with Gasteiger partial charge in [0.05, 0.1) is 17.3 Å². The number of nitrogens with zero attached hydrogens (tertiary/aromatic N) is 6. The standard InChI is InChI=1S/C11H6N6S/c12-7-8-2-1-3-9(6-8)17-15-10(14-16-17)11-13-4-5-18-11/h1-6H. The van der Waals surface area contributed by atoms with Crippen molar-refractivity contribution in [1.82, 2.24) is 25.2 Å². The molecular formula is C11H6N6S. The molecule has 18 heavy (non-hydrogen) atoms.